The number of hydrogen-bond acceptors (Lipinski definition) is 2. The Morgan fingerprint density at radius 1 is 1.53 bits per heavy atom. The number of rotatable bonds is 3. The van der Waals surface area contributed by atoms with Crippen LogP contribution in [0.3, 0.4) is 0 Å². The predicted octanol–water partition coefficient (Wildman–Crippen LogP) is 2.62. The molecule has 0 saturated heterocycles. The highest BCUT2D eigenvalue weighted by molar-refractivity contribution is 9.10. The van der Waals surface area contributed by atoms with E-state index in [2.05, 4.69) is 15.9 Å². The minimum absolute atomic E-state index is 0.0259. The fourth-order valence-corrected chi connectivity index (χ4v) is 2.27. The summed E-state index contributed by atoms with van der Waals surface area (Å²) in [6, 6.07) is 3.14. The predicted molar refractivity (Wildman–Crippen MR) is 58.6 cm³/mol. The summed E-state index contributed by atoms with van der Waals surface area (Å²) in [4.78, 5) is 0. The summed E-state index contributed by atoms with van der Waals surface area (Å²) in [7, 11) is 1.51. The molecule has 0 bridgehead atoms. The first-order chi connectivity index (χ1) is 7.13. The van der Waals surface area contributed by atoms with E-state index in [-0.39, 0.29) is 12.4 Å². The number of benzene rings is 1. The summed E-state index contributed by atoms with van der Waals surface area (Å²) in [5.41, 5.74) is 0.103. The molecule has 0 aromatic heterocycles. The maximum absolute atomic E-state index is 13.8. The smallest absolute Gasteiger partial charge is 0.131 e. The van der Waals surface area contributed by atoms with E-state index in [0.717, 1.165) is 12.8 Å². The maximum atomic E-state index is 13.8. The van der Waals surface area contributed by atoms with Crippen LogP contribution in [0.1, 0.15) is 18.4 Å². The fraction of sp³-hybridized carbons (Fsp3) is 0.455. The van der Waals surface area contributed by atoms with Crippen LogP contribution in [-0.2, 0) is 5.41 Å². The summed E-state index contributed by atoms with van der Waals surface area (Å²) in [5, 5.41) is 9.29. The van der Waals surface area contributed by atoms with Gasteiger partial charge in [0.2, 0.25) is 0 Å². The summed E-state index contributed by atoms with van der Waals surface area (Å²) < 4.78 is 19.6. The van der Waals surface area contributed by atoms with Gasteiger partial charge in [-0.15, -0.1) is 0 Å². The van der Waals surface area contributed by atoms with Crippen molar-refractivity contribution >= 4 is 15.9 Å². The van der Waals surface area contributed by atoms with Gasteiger partial charge in [-0.1, -0.05) is 15.9 Å². The average Bonchev–Trinajstić information content (AvgIpc) is 2.97. The van der Waals surface area contributed by atoms with Crippen molar-refractivity contribution in [2.24, 2.45) is 0 Å². The molecule has 0 spiro atoms. The summed E-state index contributed by atoms with van der Waals surface area (Å²) in [6.45, 7) is -0.0259. The van der Waals surface area contributed by atoms with Gasteiger partial charge in [0.15, 0.2) is 0 Å². The van der Waals surface area contributed by atoms with Crippen LogP contribution < -0.4 is 4.74 Å². The number of ether oxygens (including phenoxy) is 1. The Balaban J connectivity index is 2.54. The molecular formula is C11H12BrFO2. The number of halogens is 2. The fourth-order valence-electron chi connectivity index (χ4n) is 1.86. The van der Waals surface area contributed by atoms with Gasteiger partial charge in [0.25, 0.3) is 0 Å². The first kappa shape index (κ1) is 10.9. The van der Waals surface area contributed by atoms with Crippen LogP contribution in [0, 0.1) is 5.82 Å². The van der Waals surface area contributed by atoms with Crippen molar-refractivity contribution in [3.63, 3.8) is 0 Å². The molecule has 0 unspecified atom stereocenters. The molecular weight excluding hydrogens is 263 g/mol. The second kappa shape index (κ2) is 3.76. The van der Waals surface area contributed by atoms with Gasteiger partial charge in [-0.2, -0.15) is 0 Å². The highest BCUT2D eigenvalue weighted by atomic mass is 79.9. The lowest BCUT2D eigenvalue weighted by molar-refractivity contribution is 0.248. The Labute approximate surface area is 96.2 Å². The topological polar surface area (TPSA) is 29.5 Å². The van der Waals surface area contributed by atoms with Gasteiger partial charge in [-0.3, -0.25) is 0 Å². The number of hydrogen-bond donors (Lipinski definition) is 1. The molecule has 2 rings (SSSR count). The van der Waals surface area contributed by atoms with Crippen molar-refractivity contribution in [1.29, 1.82) is 0 Å². The highest BCUT2D eigenvalue weighted by Crippen LogP contribution is 2.52. The molecule has 1 aliphatic carbocycles. The van der Waals surface area contributed by atoms with Gasteiger partial charge in [0.1, 0.15) is 11.6 Å². The van der Waals surface area contributed by atoms with Gasteiger partial charge in [-0.05, 0) is 25.0 Å². The zero-order valence-corrected chi connectivity index (χ0v) is 9.97. The summed E-state index contributed by atoms with van der Waals surface area (Å²) in [5.74, 6) is 0.196. The Morgan fingerprint density at radius 3 is 2.67 bits per heavy atom. The van der Waals surface area contributed by atoms with Crippen molar-refractivity contribution in [2.45, 2.75) is 18.3 Å². The molecule has 0 atom stereocenters. The third kappa shape index (κ3) is 1.76. The molecule has 1 saturated carbocycles. The first-order valence-corrected chi connectivity index (χ1v) is 5.56. The summed E-state index contributed by atoms with van der Waals surface area (Å²) in [6.07, 6.45) is 1.64. The standard InChI is InChI=1S/C11H12BrFO2/c1-15-9-5-7(12)4-8(13)10(9)11(6-14)2-3-11/h4-5,14H,2-3,6H2,1H3. The molecule has 0 amide bonds. The molecule has 1 fully saturated rings. The Bertz CT molecular complexity index is 388. The molecule has 1 aromatic carbocycles. The molecule has 4 heteroatoms. The van der Waals surface area contributed by atoms with E-state index in [4.69, 9.17) is 4.74 Å². The average molecular weight is 275 g/mol. The second-order valence-electron chi connectivity index (χ2n) is 3.90. The Hall–Kier alpha value is -0.610. The van der Waals surface area contributed by atoms with Gasteiger partial charge >= 0.3 is 0 Å². The van der Waals surface area contributed by atoms with Crippen LogP contribution in [0.4, 0.5) is 4.39 Å². The Morgan fingerprint density at radius 2 is 2.20 bits per heavy atom. The monoisotopic (exact) mass is 274 g/mol. The molecule has 2 nitrogen and oxygen atoms in total. The van der Waals surface area contributed by atoms with Crippen molar-refractivity contribution in [1.82, 2.24) is 0 Å². The molecule has 1 aliphatic rings. The van der Waals surface area contributed by atoms with E-state index >= 15 is 0 Å². The van der Waals surface area contributed by atoms with Crippen molar-refractivity contribution in [2.75, 3.05) is 13.7 Å². The van der Waals surface area contributed by atoms with Crippen molar-refractivity contribution in [3.8, 4) is 5.75 Å². The van der Waals surface area contributed by atoms with E-state index in [9.17, 15) is 9.50 Å². The van der Waals surface area contributed by atoms with E-state index in [1.165, 1.54) is 13.2 Å². The van der Waals surface area contributed by atoms with Crippen LogP contribution in [0.25, 0.3) is 0 Å². The van der Waals surface area contributed by atoms with E-state index in [1.54, 1.807) is 6.07 Å². The Kier molecular flexibility index (Phi) is 2.73. The number of aliphatic hydroxyl groups is 1. The van der Waals surface area contributed by atoms with Gasteiger partial charge in [0.05, 0.1) is 13.7 Å². The van der Waals surface area contributed by atoms with Crippen molar-refractivity contribution < 1.29 is 14.2 Å². The van der Waals surface area contributed by atoms with E-state index in [0.29, 0.717) is 15.8 Å². The van der Waals surface area contributed by atoms with Crippen molar-refractivity contribution in [3.05, 3.63) is 28.0 Å². The van der Waals surface area contributed by atoms with E-state index < -0.39 is 5.41 Å². The minimum Gasteiger partial charge on any atom is -0.496 e. The molecule has 0 radical (unpaired) electrons. The van der Waals surface area contributed by atoms with Gasteiger partial charge in [-0.25, -0.2) is 4.39 Å². The molecule has 1 aromatic rings. The lowest BCUT2D eigenvalue weighted by Crippen LogP contribution is -2.15. The maximum Gasteiger partial charge on any atom is 0.131 e. The number of methoxy groups -OCH3 is 1. The SMILES string of the molecule is COc1cc(Br)cc(F)c1C1(CO)CC1. The molecule has 0 aliphatic heterocycles. The van der Waals surface area contributed by atoms with Gasteiger partial charge in [0, 0.05) is 15.5 Å². The van der Waals surface area contributed by atoms with Crippen LogP contribution >= 0.6 is 15.9 Å². The normalized spacial score (nSPS) is 17.6. The lowest BCUT2D eigenvalue weighted by atomic mass is 9.95. The molecule has 1 N–H and O–H groups in total. The second-order valence-corrected chi connectivity index (χ2v) is 4.82. The van der Waals surface area contributed by atoms with Crippen LogP contribution in [-0.4, -0.2) is 18.8 Å². The van der Waals surface area contributed by atoms with E-state index in [1.807, 2.05) is 0 Å². The zero-order valence-electron chi connectivity index (χ0n) is 8.39. The lowest BCUT2D eigenvalue weighted by Gasteiger charge is -2.17. The third-order valence-corrected chi connectivity index (χ3v) is 3.38. The molecule has 0 heterocycles. The zero-order chi connectivity index (χ0) is 11.1. The van der Waals surface area contributed by atoms with Crippen LogP contribution in [0.15, 0.2) is 16.6 Å². The highest BCUT2D eigenvalue weighted by Gasteiger charge is 2.47. The number of aliphatic hydroxyl groups excluding tert-OH is 1. The quantitative estimate of drug-likeness (QED) is 0.918. The third-order valence-electron chi connectivity index (χ3n) is 2.93. The molecule has 82 valence electrons. The van der Waals surface area contributed by atoms with Crippen LogP contribution in [0.2, 0.25) is 0 Å². The molecule has 15 heavy (non-hydrogen) atoms. The largest absolute Gasteiger partial charge is 0.496 e. The first-order valence-electron chi connectivity index (χ1n) is 4.77. The van der Waals surface area contributed by atoms with Crippen LogP contribution in [0.5, 0.6) is 5.75 Å². The minimum atomic E-state index is -0.407. The summed E-state index contributed by atoms with van der Waals surface area (Å²) >= 11 is 3.21. The van der Waals surface area contributed by atoms with Gasteiger partial charge < -0.3 is 9.84 Å².